The molecular formula is C29H38N6O2. The maximum atomic E-state index is 13.4. The highest BCUT2D eigenvalue weighted by Gasteiger charge is 2.56. The zero-order chi connectivity index (χ0) is 25.6. The Labute approximate surface area is 218 Å². The van der Waals surface area contributed by atoms with E-state index in [1.54, 1.807) is 12.3 Å². The van der Waals surface area contributed by atoms with Crippen LogP contribution in [0.25, 0.3) is 22.6 Å². The molecule has 8 nitrogen and oxygen atoms in total. The minimum atomic E-state index is -0.0432. The van der Waals surface area contributed by atoms with E-state index in [0.717, 1.165) is 62.9 Å². The summed E-state index contributed by atoms with van der Waals surface area (Å²) in [5.41, 5.74) is 4.31. The van der Waals surface area contributed by atoms with Crippen LogP contribution in [0.5, 0.6) is 0 Å². The minimum Gasteiger partial charge on any atom is -0.384 e. The molecule has 1 saturated heterocycles. The molecule has 196 valence electrons. The highest BCUT2D eigenvalue weighted by molar-refractivity contribution is 6.04. The first-order valence-corrected chi connectivity index (χ1v) is 13.7. The number of H-pyrrole nitrogens is 1. The van der Waals surface area contributed by atoms with Gasteiger partial charge in [0.15, 0.2) is 5.65 Å². The van der Waals surface area contributed by atoms with Crippen molar-refractivity contribution in [3.8, 4) is 11.4 Å². The van der Waals surface area contributed by atoms with Crippen molar-refractivity contribution in [3.05, 3.63) is 42.1 Å². The molecule has 3 saturated carbocycles. The lowest BCUT2D eigenvalue weighted by Gasteiger charge is -2.62. The molecule has 0 spiro atoms. The molecule has 1 aromatic carbocycles. The predicted molar refractivity (Wildman–Crippen MR) is 145 cm³/mol. The molecule has 3 aromatic rings. The van der Waals surface area contributed by atoms with Gasteiger partial charge in [0.1, 0.15) is 5.82 Å². The number of hydrogen-bond donors (Lipinski definition) is 3. The number of hydrogen-bond acceptors (Lipinski definition) is 6. The molecule has 4 atom stereocenters. The van der Waals surface area contributed by atoms with Gasteiger partial charge in [-0.1, -0.05) is 20.8 Å². The number of fused-ring (bicyclic) bond motifs is 3. The van der Waals surface area contributed by atoms with Crippen LogP contribution >= 0.6 is 0 Å². The largest absolute Gasteiger partial charge is 0.384 e. The number of carbonyl (C=O) groups excluding carboxylic acids is 1. The Hall–Kier alpha value is -2.97. The third kappa shape index (κ3) is 4.61. The average molecular weight is 503 g/mol. The number of morpholine rings is 1. The van der Waals surface area contributed by atoms with Crippen LogP contribution in [0.1, 0.15) is 44.0 Å². The number of nitrogens with zero attached hydrogens (tertiary/aromatic N) is 3. The van der Waals surface area contributed by atoms with Gasteiger partial charge in [0.25, 0.3) is 5.91 Å². The summed E-state index contributed by atoms with van der Waals surface area (Å²) in [4.78, 5) is 28.3. The molecule has 37 heavy (non-hydrogen) atoms. The number of aromatic nitrogens is 3. The van der Waals surface area contributed by atoms with E-state index in [9.17, 15) is 4.79 Å². The number of amides is 1. The van der Waals surface area contributed by atoms with Crippen LogP contribution < -0.4 is 10.6 Å². The molecule has 4 unspecified atom stereocenters. The Morgan fingerprint density at radius 3 is 2.68 bits per heavy atom. The molecule has 4 fully saturated rings. The summed E-state index contributed by atoms with van der Waals surface area (Å²) in [6.07, 6.45) is 4.03. The van der Waals surface area contributed by atoms with E-state index in [2.05, 4.69) is 58.4 Å². The average Bonchev–Trinajstić information content (AvgIpc) is 3.35. The van der Waals surface area contributed by atoms with Crippen LogP contribution in [0.15, 0.2) is 36.5 Å². The first-order chi connectivity index (χ1) is 17.9. The second kappa shape index (κ2) is 9.72. The number of anilines is 1. The van der Waals surface area contributed by atoms with Gasteiger partial charge in [-0.25, -0.2) is 9.97 Å². The van der Waals surface area contributed by atoms with Crippen LogP contribution in [0.4, 0.5) is 5.69 Å². The van der Waals surface area contributed by atoms with Crippen molar-refractivity contribution in [1.82, 2.24) is 25.2 Å². The van der Waals surface area contributed by atoms with Gasteiger partial charge >= 0.3 is 0 Å². The van der Waals surface area contributed by atoms with Gasteiger partial charge in [-0.15, -0.1) is 0 Å². The van der Waals surface area contributed by atoms with Gasteiger partial charge in [-0.3, -0.25) is 9.69 Å². The second-order valence-corrected chi connectivity index (χ2v) is 11.6. The highest BCUT2D eigenvalue weighted by atomic mass is 16.5. The van der Waals surface area contributed by atoms with Gasteiger partial charge in [0.2, 0.25) is 0 Å². The Kier molecular flexibility index (Phi) is 6.41. The van der Waals surface area contributed by atoms with Crippen LogP contribution in [0, 0.1) is 23.2 Å². The van der Waals surface area contributed by atoms with Gasteiger partial charge < -0.3 is 20.4 Å². The molecule has 2 aromatic heterocycles. The lowest BCUT2D eigenvalue weighted by Crippen LogP contribution is -2.60. The van der Waals surface area contributed by atoms with E-state index < -0.39 is 0 Å². The van der Waals surface area contributed by atoms with E-state index in [1.165, 1.54) is 6.42 Å². The molecule has 3 N–H and O–H groups in total. The highest BCUT2D eigenvalue weighted by Crippen LogP contribution is 2.61. The molecule has 8 heteroatoms. The summed E-state index contributed by atoms with van der Waals surface area (Å²) in [6.45, 7) is 12.6. The lowest BCUT2D eigenvalue weighted by atomic mass is 9.45. The van der Waals surface area contributed by atoms with Crippen molar-refractivity contribution in [3.63, 3.8) is 0 Å². The van der Waals surface area contributed by atoms with E-state index >= 15 is 0 Å². The number of ether oxygens (including phenoxy) is 1. The summed E-state index contributed by atoms with van der Waals surface area (Å²) in [7, 11) is 0. The van der Waals surface area contributed by atoms with Crippen LogP contribution in [0.2, 0.25) is 0 Å². The summed E-state index contributed by atoms with van der Waals surface area (Å²) in [5.74, 6) is 2.55. The molecule has 1 aliphatic heterocycles. The first-order valence-electron chi connectivity index (χ1n) is 13.7. The smallest absolute Gasteiger partial charge is 0.253 e. The number of imidazole rings is 1. The van der Waals surface area contributed by atoms with Gasteiger partial charge in [-0.2, -0.15) is 0 Å². The Morgan fingerprint density at radius 1 is 1.16 bits per heavy atom. The van der Waals surface area contributed by atoms with E-state index in [0.29, 0.717) is 39.9 Å². The molecule has 3 aliphatic carbocycles. The lowest BCUT2D eigenvalue weighted by molar-refractivity contribution is -0.113. The molecule has 4 aliphatic rings. The molecule has 0 radical (unpaired) electrons. The van der Waals surface area contributed by atoms with Crippen molar-refractivity contribution in [2.45, 2.75) is 39.7 Å². The van der Waals surface area contributed by atoms with Crippen LogP contribution in [-0.4, -0.2) is 71.2 Å². The summed E-state index contributed by atoms with van der Waals surface area (Å²) in [5, 5.41) is 6.84. The summed E-state index contributed by atoms with van der Waals surface area (Å²) < 4.78 is 5.41. The molecule has 3 heterocycles. The number of nitrogens with one attached hydrogen (secondary N) is 3. The third-order valence-electron chi connectivity index (χ3n) is 9.33. The number of benzene rings is 1. The van der Waals surface area contributed by atoms with Gasteiger partial charge in [0.05, 0.1) is 24.3 Å². The first kappa shape index (κ1) is 24.4. The van der Waals surface area contributed by atoms with E-state index in [1.807, 2.05) is 12.1 Å². The molecule has 1 amide bonds. The monoisotopic (exact) mass is 502 g/mol. The van der Waals surface area contributed by atoms with Crippen molar-refractivity contribution in [2.24, 2.45) is 23.2 Å². The zero-order valence-corrected chi connectivity index (χ0v) is 22.1. The number of aromatic amines is 1. The van der Waals surface area contributed by atoms with Gasteiger partial charge in [0, 0.05) is 49.7 Å². The van der Waals surface area contributed by atoms with Crippen LogP contribution in [0.3, 0.4) is 0 Å². The summed E-state index contributed by atoms with van der Waals surface area (Å²) in [6, 6.07) is 10.2. The number of pyridine rings is 1. The number of carbonyl (C=O) groups is 1. The third-order valence-corrected chi connectivity index (χ3v) is 9.33. The SMILES string of the molecule is CC1C(NC(=O)c2ccnc3nc(-c4ccc(NCCN5CCOCC5)cc4)[nH]c23)CC2CC1C2(C)C. The van der Waals surface area contributed by atoms with Crippen molar-refractivity contribution < 1.29 is 9.53 Å². The normalized spacial score (nSPS) is 27.0. The molecule has 7 rings (SSSR count). The summed E-state index contributed by atoms with van der Waals surface area (Å²) >= 11 is 0. The van der Waals surface area contributed by atoms with E-state index in [-0.39, 0.29) is 11.9 Å². The number of rotatable bonds is 7. The fraction of sp³-hybridized carbons (Fsp3) is 0.552. The van der Waals surface area contributed by atoms with Crippen molar-refractivity contribution >= 4 is 22.8 Å². The Bertz CT molecular complexity index is 1260. The van der Waals surface area contributed by atoms with E-state index in [4.69, 9.17) is 9.72 Å². The van der Waals surface area contributed by atoms with Gasteiger partial charge in [-0.05, 0) is 66.3 Å². The maximum absolute atomic E-state index is 13.4. The second-order valence-electron chi connectivity index (χ2n) is 11.6. The quantitative estimate of drug-likeness (QED) is 0.449. The molecule has 2 bridgehead atoms. The van der Waals surface area contributed by atoms with Crippen molar-refractivity contribution in [1.29, 1.82) is 0 Å². The topological polar surface area (TPSA) is 95.2 Å². The Balaban J connectivity index is 1.12. The minimum absolute atomic E-state index is 0.0432. The predicted octanol–water partition coefficient (Wildman–Crippen LogP) is 4.17. The van der Waals surface area contributed by atoms with Crippen LogP contribution in [-0.2, 0) is 4.74 Å². The zero-order valence-electron chi connectivity index (χ0n) is 22.1. The fourth-order valence-corrected chi connectivity index (χ4v) is 6.75. The standard InChI is InChI=1S/C29H38N6O2/c1-18-23-16-20(29(23,2)3)17-24(18)32-28(36)22-8-9-31-27-25(22)33-26(34-27)19-4-6-21(7-5-19)30-10-11-35-12-14-37-15-13-35/h4-9,18,20,23-24,30H,10-17H2,1-3H3,(H,32,36)(H,31,33,34). The molecular weight excluding hydrogens is 464 g/mol. The fourth-order valence-electron chi connectivity index (χ4n) is 6.75. The Morgan fingerprint density at radius 2 is 1.95 bits per heavy atom. The van der Waals surface area contributed by atoms with Crippen molar-refractivity contribution in [2.75, 3.05) is 44.7 Å². The maximum Gasteiger partial charge on any atom is 0.253 e.